The highest BCUT2D eigenvalue weighted by molar-refractivity contribution is 7.88. The highest BCUT2D eigenvalue weighted by Gasteiger charge is 2.13. The molecule has 0 atom stereocenters. The van der Waals surface area contributed by atoms with Crippen molar-refractivity contribution in [1.29, 1.82) is 0 Å². The first-order chi connectivity index (χ1) is 10.9. The lowest BCUT2D eigenvalue weighted by Crippen LogP contribution is -2.27. The summed E-state index contributed by atoms with van der Waals surface area (Å²) in [6.45, 7) is 4.11. The highest BCUT2D eigenvalue weighted by atomic mass is 32.2. The van der Waals surface area contributed by atoms with Crippen LogP contribution in [0.15, 0.2) is 24.3 Å². The predicted molar refractivity (Wildman–Crippen MR) is 88.9 cm³/mol. The predicted octanol–water partition coefficient (Wildman–Crippen LogP) is 1.46. The van der Waals surface area contributed by atoms with Gasteiger partial charge in [0.2, 0.25) is 15.0 Å². The van der Waals surface area contributed by atoms with Gasteiger partial charge in [-0.15, -0.1) is 10.2 Å². The molecule has 0 amide bonds. The second kappa shape index (κ2) is 6.34. The second-order valence-corrected chi connectivity index (χ2v) is 8.17. The second-order valence-electron chi connectivity index (χ2n) is 5.33. The van der Waals surface area contributed by atoms with E-state index < -0.39 is 10.0 Å². The molecule has 1 aromatic carbocycles. The first-order valence-corrected chi connectivity index (χ1v) is 9.60. The Balaban J connectivity index is 1.57. The molecule has 3 rings (SSSR count). The fraction of sp³-hybridized carbons (Fsp3) is 0.357. The van der Waals surface area contributed by atoms with Crippen LogP contribution in [-0.2, 0) is 22.2 Å². The van der Waals surface area contributed by atoms with Gasteiger partial charge in [0, 0.05) is 13.0 Å². The zero-order valence-corrected chi connectivity index (χ0v) is 14.5. The third-order valence-corrected chi connectivity index (χ3v) is 5.64. The smallest absolute Gasteiger partial charge is 0.215 e. The van der Waals surface area contributed by atoms with E-state index in [0.717, 1.165) is 26.9 Å². The molecule has 0 saturated carbocycles. The van der Waals surface area contributed by atoms with Gasteiger partial charge in [-0.1, -0.05) is 41.2 Å². The summed E-state index contributed by atoms with van der Waals surface area (Å²) in [5.74, 6) is 0.708. The van der Waals surface area contributed by atoms with Crippen LogP contribution in [0.1, 0.15) is 22.0 Å². The SMILES string of the molecule is Cc1ccc(CS(=O)(=O)NCCc2nn3c(C)nnc3s2)cc1. The quantitative estimate of drug-likeness (QED) is 0.726. The topological polar surface area (TPSA) is 89.2 Å². The van der Waals surface area contributed by atoms with Crippen LogP contribution in [0.2, 0.25) is 0 Å². The van der Waals surface area contributed by atoms with Gasteiger partial charge >= 0.3 is 0 Å². The molecule has 0 spiro atoms. The Morgan fingerprint density at radius 1 is 1.17 bits per heavy atom. The molecule has 2 aromatic heterocycles. The molecule has 0 aliphatic heterocycles. The molecule has 1 N–H and O–H groups in total. The lowest BCUT2D eigenvalue weighted by molar-refractivity contribution is 0.580. The van der Waals surface area contributed by atoms with Gasteiger partial charge in [0.1, 0.15) is 5.01 Å². The van der Waals surface area contributed by atoms with Gasteiger partial charge < -0.3 is 0 Å². The summed E-state index contributed by atoms with van der Waals surface area (Å²) in [6, 6.07) is 7.49. The van der Waals surface area contributed by atoms with E-state index in [-0.39, 0.29) is 5.75 Å². The molecule has 3 aromatic rings. The normalized spacial score (nSPS) is 12.1. The molecule has 0 radical (unpaired) electrons. The summed E-state index contributed by atoms with van der Waals surface area (Å²) in [5.41, 5.74) is 1.88. The molecule has 2 heterocycles. The van der Waals surface area contributed by atoms with E-state index in [2.05, 4.69) is 20.0 Å². The lowest BCUT2D eigenvalue weighted by atomic mass is 10.2. The number of benzene rings is 1. The van der Waals surface area contributed by atoms with Gasteiger partial charge in [-0.3, -0.25) is 0 Å². The summed E-state index contributed by atoms with van der Waals surface area (Å²) in [5, 5.41) is 13.1. The van der Waals surface area contributed by atoms with Crippen molar-refractivity contribution >= 4 is 26.3 Å². The summed E-state index contributed by atoms with van der Waals surface area (Å²) in [4.78, 5) is 0.722. The summed E-state index contributed by atoms with van der Waals surface area (Å²) in [7, 11) is -3.35. The van der Waals surface area contributed by atoms with Gasteiger partial charge in [-0.05, 0) is 19.4 Å². The maximum atomic E-state index is 12.1. The number of nitrogens with one attached hydrogen (secondary N) is 1. The van der Waals surface area contributed by atoms with Crippen molar-refractivity contribution < 1.29 is 8.42 Å². The Kier molecular flexibility index (Phi) is 4.42. The first-order valence-electron chi connectivity index (χ1n) is 7.13. The average molecular weight is 351 g/mol. The molecule has 23 heavy (non-hydrogen) atoms. The number of sulfonamides is 1. The fourth-order valence-corrected chi connectivity index (χ4v) is 4.15. The first kappa shape index (κ1) is 16.0. The van der Waals surface area contributed by atoms with Crippen LogP contribution in [0.3, 0.4) is 0 Å². The van der Waals surface area contributed by atoms with E-state index in [1.165, 1.54) is 11.3 Å². The standard InChI is InChI=1S/C14H17N5O2S2/c1-10-3-5-12(6-4-10)9-23(20,21)15-8-7-13-18-19-11(2)16-17-14(19)22-13/h3-6,15H,7-9H2,1-2H3. The minimum Gasteiger partial charge on any atom is -0.215 e. The monoisotopic (exact) mass is 351 g/mol. The molecular weight excluding hydrogens is 334 g/mol. The molecule has 0 saturated heterocycles. The van der Waals surface area contributed by atoms with Crippen molar-refractivity contribution in [3.05, 3.63) is 46.2 Å². The van der Waals surface area contributed by atoms with Crippen molar-refractivity contribution in [3.8, 4) is 0 Å². The van der Waals surface area contributed by atoms with E-state index in [4.69, 9.17) is 0 Å². The van der Waals surface area contributed by atoms with Crippen LogP contribution in [0, 0.1) is 13.8 Å². The number of nitrogens with zero attached hydrogens (tertiary/aromatic N) is 4. The molecule has 0 unspecified atom stereocenters. The Bertz CT molecular complexity index is 912. The fourth-order valence-electron chi connectivity index (χ4n) is 2.12. The van der Waals surface area contributed by atoms with E-state index >= 15 is 0 Å². The number of fused-ring (bicyclic) bond motifs is 1. The van der Waals surface area contributed by atoms with Crippen molar-refractivity contribution in [1.82, 2.24) is 24.5 Å². The third kappa shape index (κ3) is 3.92. The molecule has 0 bridgehead atoms. The molecule has 7 nitrogen and oxygen atoms in total. The van der Waals surface area contributed by atoms with E-state index in [1.807, 2.05) is 38.1 Å². The van der Waals surface area contributed by atoms with E-state index in [9.17, 15) is 8.42 Å². The van der Waals surface area contributed by atoms with Crippen LogP contribution in [0.4, 0.5) is 0 Å². The largest absolute Gasteiger partial charge is 0.234 e. The molecular formula is C14H17N5O2S2. The van der Waals surface area contributed by atoms with Crippen LogP contribution in [0.5, 0.6) is 0 Å². The number of hydrogen-bond acceptors (Lipinski definition) is 6. The van der Waals surface area contributed by atoms with Gasteiger partial charge in [0.05, 0.1) is 5.75 Å². The van der Waals surface area contributed by atoms with E-state index in [1.54, 1.807) is 4.52 Å². The highest BCUT2D eigenvalue weighted by Crippen LogP contribution is 2.14. The molecule has 0 aliphatic rings. The summed E-state index contributed by atoms with van der Waals surface area (Å²) < 4.78 is 28.5. The van der Waals surface area contributed by atoms with Crippen LogP contribution >= 0.6 is 11.3 Å². The zero-order chi connectivity index (χ0) is 16.4. The van der Waals surface area contributed by atoms with Crippen LogP contribution in [0.25, 0.3) is 4.96 Å². The number of aryl methyl sites for hydroxylation is 2. The van der Waals surface area contributed by atoms with Gasteiger partial charge in [-0.25, -0.2) is 13.1 Å². The Morgan fingerprint density at radius 2 is 1.91 bits per heavy atom. The summed E-state index contributed by atoms with van der Waals surface area (Å²) in [6.07, 6.45) is 0.528. The lowest BCUT2D eigenvalue weighted by Gasteiger charge is -2.06. The molecule has 9 heteroatoms. The van der Waals surface area contributed by atoms with Crippen molar-refractivity contribution in [2.45, 2.75) is 26.0 Å². The van der Waals surface area contributed by atoms with Gasteiger partial charge in [-0.2, -0.15) is 9.61 Å². The van der Waals surface area contributed by atoms with Crippen LogP contribution < -0.4 is 4.72 Å². The molecule has 0 aliphatic carbocycles. The molecule has 0 fully saturated rings. The summed E-state index contributed by atoms with van der Waals surface area (Å²) >= 11 is 1.42. The Labute approximate surface area is 138 Å². The maximum Gasteiger partial charge on any atom is 0.234 e. The molecule has 122 valence electrons. The zero-order valence-electron chi connectivity index (χ0n) is 12.9. The van der Waals surface area contributed by atoms with Crippen molar-refractivity contribution in [2.75, 3.05) is 6.54 Å². The average Bonchev–Trinajstić information content (AvgIpc) is 3.03. The Hall–Kier alpha value is -1.84. The van der Waals surface area contributed by atoms with Crippen LogP contribution in [-0.4, -0.2) is 34.8 Å². The van der Waals surface area contributed by atoms with Crippen molar-refractivity contribution in [2.24, 2.45) is 0 Å². The van der Waals surface area contributed by atoms with Gasteiger partial charge in [0.15, 0.2) is 5.82 Å². The maximum absolute atomic E-state index is 12.1. The van der Waals surface area contributed by atoms with E-state index in [0.29, 0.717) is 13.0 Å². The number of aromatic nitrogens is 4. The number of hydrogen-bond donors (Lipinski definition) is 1. The van der Waals surface area contributed by atoms with Gasteiger partial charge in [0.25, 0.3) is 0 Å². The number of rotatable bonds is 6. The Morgan fingerprint density at radius 3 is 2.61 bits per heavy atom. The third-order valence-electron chi connectivity index (χ3n) is 3.33. The minimum atomic E-state index is -3.35. The minimum absolute atomic E-state index is 0.0164. The van der Waals surface area contributed by atoms with Crippen molar-refractivity contribution in [3.63, 3.8) is 0 Å².